The number of hydrogen-bond donors (Lipinski definition) is 1. The van der Waals surface area contributed by atoms with Gasteiger partial charge in [-0.3, -0.25) is 14.3 Å². The zero-order valence-corrected chi connectivity index (χ0v) is 15.6. The predicted octanol–water partition coefficient (Wildman–Crippen LogP) is 1.97. The molecule has 2 aromatic rings. The lowest BCUT2D eigenvalue weighted by Gasteiger charge is -2.17. The minimum absolute atomic E-state index is 0.0247. The highest BCUT2D eigenvalue weighted by molar-refractivity contribution is 6.30. The molecule has 0 unspecified atom stereocenters. The van der Waals surface area contributed by atoms with Crippen molar-refractivity contribution in [2.24, 2.45) is 7.05 Å². The van der Waals surface area contributed by atoms with Crippen LogP contribution in [0.2, 0.25) is 5.02 Å². The molecule has 3 rings (SSSR count). The number of amides is 2. The van der Waals surface area contributed by atoms with Crippen molar-refractivity contribution in [1.29, 1.82) is 0 Å². The number of rotatable bonds is 7. The van der Waals surface area contributed by atoms with Gasteiger partial charge in [-0.2, -0.15) is 5.10 Å². The number of nitrogens with one attached hydrogen (secondary N) is 1. The molecule has 2 amide bonds. The Labute approximate surface area is 158 Å². The number of carbonyl (C=O) groups is 2. The average molecular weight is 375 g/mol. The van der Waals surface area contributed by atoms with Gasteiger partial charge in [-0.15, -0.1) is 0 Å². The Balaban J connectivity index is 1.42. The van der Waals surface area contributed by atoms with Crippen LogP contribution in [0.15, 0.2) is 36.7 Å². The van der Waals surface area contributed by atoms with Crippen LogP contribution in [0.25, 0.3) is 0 Å². The van der Waals surface area contributed by atoms with Crippen molar-refractivity contribution in [3.63, 3.8) is 0 Å². The van der Waals surface area contributed by atoms with Gasteiger partial charge < -0.3 is 10.2 Å². The number of aryl methyl sites for hydroxylation is 2. The summed E-state index contributed by atoms with van der Waals surface area (Å²) in [5.74, 6) is 0.0629. The van der Waals surface area contributed by atoms with E-state index in [9.17, 15) is 9.59 Å². The van der Waals surface area contributed by atoms with Crippen LogP contribution in [0, 0.1) is 0 Å². The summed E-state index contributed by atoms with van der Waals surface area (Å²) in [4.78, 5) is 26.1. The molecule has 1 aromatic carbocycles. The largest absolute Gasteiger partial charge is 0.351 e. The first-order chi connectivity index (χ1) is 12.5. The van der Waals surface area contributed by atoms with Gasteiger partial charge in [0.25, 0.3) is 0 Å². The summed E-state index contributed by atoms with van der Waals surface area (Å²) in [7, 11) is 1.85. The van der Waals surface area contributed by atoms with Gasteiger partial charge in [0, 0.05) is 44.2 Å². The van der Waals surface area contributed by atoms with Crippen LogP contribution in [-0.4, -0.2) is 45.6 Å². The standard InChI is InChI=1S/C19H23ClN4O2/c1-23-12-15(11-21-23)5-6-18(25)22-17-10-19(26)24(13-17)8-7-14-3-2-4-16(20)9-14/h2-4,9,11-12,17H,5-8,10,13H2,1H3,(H,22,25)/t17-/m0/s1. The van der Waals surface area contributed by atoms with E-state index >= 15 is 0 Å². The number of likely N-dealkylation sites (tertiary alicyclic amines) is 1. The van der Waals surface area contributed by atoms with Crippen molar-refractivity contribution in [2.45, 2.75) is 31.7 Å². The molecule has 0 radical (unpaired) electrons. The van der Waals surface area contributed by atoms with E-state index in [0.29, 0.717) is 37.4 Å². The molecule has 2 heterocycles. The highest BCUT2D eigenvalue weighted by Crippen LogP contribution is 2.15. The molecule has 1 aliphatic heterocycles. The number of nitrogens with zero attached hydrogens (tertiary/aromatic N) is 3. The summed E-state index contributed by atoms with van der Waals surface area (Å²) in [5, 5.41) is 7.77. The van der Waals surface area contributed by atoms with E-state index < -0.39 is 0 Å². The molecule has 0 bridgehead atoms. The number of carbonyl (C=O) groups excluding carboxylic acids is 2. The maximum atomic E-state index is 12.2. The highest BCUT2D eigenvalue weighted by atomic mass is 35.5. The Bertz CT molecular complexity index is 789. The molecule has 0 saturated carbocycles. The number of aromatic nitrogens is 2. The van der Waals surface area contributed by atoms with E-state index in [-0.39, 0.29) is 17.9 Å². The monoisotopic (exact) mass is 374 g/mol. The second kappa shape index (κ2) is 8.36. The summed E-state index contributed by atoms with van der Waals surface area (Å²) >= 11 is 5.99. The Kier molecular flexibility index (Phi) is 5.93. The van der Waals surface area contributed by atoms with Crippen LogP contribution in [0.3, 0.4) is 0 Å². The smallest absolute Gasteiger partial charge is 0.224 e. The van der Waals surface area contributed by atoms with Gasteiger partial charge in [0.1, 0.15) is 0 Å². The fourth-order valence-electron chi connectivity index (χ4n) is 3.20. The Morgan fingerprint density at radius 2 is 2.19 bits per heavy atom. The minimum Gasteiger partial charge on any atom is -0.351 e. The third-order valence-electron chi connectivity index (χ3n) is 4.54. The van der Waals surface area contributed by atoms with Gasteiger partial charge >= 0.3 is 0 Å². The Hall–Kier alpha value is -2.34. The van der Waals surface area contributed by atoms with E-state index in [1.165, 1.54) is 0 Å². The van der Waals surface area contributed by atoms with Crippen LogP contribution in [0.4, 0.5) is 0 Å². The molecule has 1 fully saturated rings. The van der Waals surface area contributed by atoms with Crippen LogP contribution >= 0.6 is 11.6 Å². The summed E-state index contributed by atoms with van der Waals surface area (Å²) in [6.07, 6.45) is 5.85. The molecule has 1 atom stereocenters. The molecule has 138 valence electrons. The van der Waals surface area contributed by atoms with Crippen molar-refractivity contribution < 1.29 is 9.59 Å². The van der Waals surface area contributed by atoms with Crippen LogP contribution in [0.1, 0.15) is 24.0 Å². The molecule has 6 nitrogen and oxygen atoms in total. The summed E-state index contributed by atoms with van der Waals surface area (Å²) in [6, 6.07) is 7.56. The highest BCUT2D eigenvalue weighted by Gasteiger charge is 2.30. The van der Waals surface area contributed by atoms with E-state index in [4.69, 9.17) is 11.6 Å². The van der Waals surface area contributed by atoms with Crippen LogP contribution in [0.5, 0.6) is 0 Å². The third kappa shape index (κ3) is 5.08. The zero-order valence-electron chi connectivity index (χ0n) is 14.8. The first kappa shape index (κ1) is 18.5. The van der Waals surface area contributed by atoms with E-state index in [1.54, 1.807) is 10.9 Å². The molecule has 26 heavy (non-hydrogen) atoms. The summed E-state index contributed by atoms with van der Waals surface area (Å²) < 4.78 is 1.72. The van der Waals surface area contributed by atoms with Crippen molar-refractivity contribution in [2.75, 3.05) is 13.1 Å². The number of hydrogen-bond acceptors (Lipinski definition) is 3. The topological polar surface area (TPSA) is 67.2 Å². The second-order valence-corrected chi connectivity index (χ2v) is 7.15. The van der Waals surface area contributed by atoms with E-state index in [1.807, 2.05) is 42.4 Å². The quantitative estimate of drug-likeness (QED) is 0.805. The molecule has 1 aliphatic rings. The molecule has 1 N–H and O–H groups in total. The minimum atomic E-state index is -0.108. The van der Waals surface area contributed by atoms with Crippen LogP contribution in [-0.2, 0) is 29.5 Å². The normalized spacial score (nSPS) is 16.9. The fourth-order valence-corrected chi connectivity index (χ4v) is 3.41. The molecular weight excluding hydrogens is 352 g/mol. The molecule has 0 aliphatic carbocycles. The predicted molar refractivity (Wildman–Crippen MR) is 99.8 cm³/mol. The molecule has 7 heteroatoms. The van der Waals surface area contributed by atoms with Gasteiger partial charge in [-0.1, -0.05) is 23.7 Å². The SMILES string of the molecule is Cn1cc(CCC(=O)N[C@H]2CC(=O)N(CCc3cccc(Cl)c3)C2)cn1. The Morgan fingerprint density at radius 1 is 1.35 bits per heavy atom. The lowest BCUT2D eigenvalue weighted by atomic mass is 10.1. The van der Waals surface area contributed by atoms with E-state index in [0.717, 1.165) is 17.5 Å². The summed E-state index contributed by atoms with van der Waals surface area (Å²) in [5.41, 5.74) is 2.14. The Morgan fingerprint density at radius 3 is 2.92 bits per heavy atom. The van der Waals surface area contributed by atoms with E-state index in [2.05, 4.69) is 10.4 Å². The molecule has 1 aromatic heterocycles. The fraction of sp³-hybridized carbons (Fsp3) is 0.421. The molecule has 1 saturated heterocycles. The zero-order chi connectivity index (χ0) is 18.5. The molecular formula is C19H23ClN4O2. The molecule has 0 spiro atoms. The van der Waals surface area contributed by atoms with Gasteiger partial charge in [0.2, 0.25) is 11.8 Å². The van der Waals surface area contributed by atoms with Crippen molar-refractivity contribution in [3.8, 4) is 0 Å². The maximum absolute atomic E-state index is 12.2. The van der Waals surface area contributed by atoms with Gasteiger partial charge in [-0.25, -0.2) is 0 Å². The first-order valence-corrected chi connectivity index (χ1v) is 9.16. The number of halogens is 1. The average Bonchev–Trinajstić information content (AvgIpc) is 3.16. The van der Waals surface area contributed by atoms with Crippen molar-refractivity contribution in [1.82, 2.24) is 20.0 Å². The van der Waals surface area contributed by atoms with Gasteiger partial charge in [-0.05, 0) is 36.1 Å². The lowest BCUT2D eigenvalue weighted by molar-refractivity contribution is -0.127. The lowest BCUT2D eigenvalue weighted by Crippen LogP contribution is -2.37. The first-order valence-electron chi connectivity index (χ1n) is 8.79. The number of benzene rings is 1. The summed E-state index contributed by atoms with van der Waals surface area (Å²) in [6.45, 7) is 1.21. The van der Waals surface area contributed by atoms with Gasteiger partial charge in [0.05, 0.1) is 12.2 Å². The van der Waals surface area contributed by atoms with Crippen molar-refractivity contribution >= 4 is 23.4 Å². The van der Waals surface area contributed by atoms with Crippen molar-refractivity contribution in [3.05, 3.63) is 52.8 Å². The maximum Gasteiger partial charge on any atom is 0.224 e. The third-order valence-corrected chi connectivity index (χ3v) is 4.77. The van der Waals surface area contributed by atoms with Crippen LogP contribution < -0.4 is 5.32 Å². The second-order valence-electron chi connectivity index (χ2n) is 6.71. The van der Waals surface area contributed by atoms with Gasteiger partial charge in [0.15, 0.2) is 0 Å².